The maximum atomic E-state index is 11.4. The van der Waals surface area contributed by atoms with E-state index < -0.39 is 6.10 Å². The van der Waals surface area contributed by atoms with Crippen LogP contribution < -0.4 is 0 Å². The number of carbonyl (C=O) groups is 1. The summed E-state index contributed by atoms with van der Waals surface area (Å²) in [5.41, 5.74) is 0. The molecule has 0 fully saturated rings. The zero-order chi connectivity index (χ0) is 13.1. The smallest absolute Gasteiger partial charge is 0.308 e. The van der Waals surface area contributed by atoms with Gasteiger partial charge in [-0.1, -0.05) is 39.0 Å². The van der Waals surface area contributed by atoms with Crippen molar-refractivity contribution >= 4 is 5.97 Å². The fourth-order valence-corrected chi connectivity index (χ4v) is 1.67. The standard InChI is InChI=1S/C14H26O3/c1-12(2)17-14(16)13(3)10-8-6-4-5-7-9-11-15/h12-13,15H,1-2,4-11H2,3H3. The van der Waals surface area contributed by atoms with E-state index in [9.17, 15) is 4.79 Å². The molecule has 1 N–H and O–H groups in total. The van der Waals surface area contributed by atoms with Gasteiger partial charge in [-0.15, -0.1) is 0 Å². The number of carbonyl (C=O) groups excluding carboxylic acids is 1. The van der Waals surface area contributed by atoms with Gasteiger partial charge in [0.25, 0.3) is 0 Å². The average molecular weight is 242 g/mol. The summed E-state index contributed by atoms with van der Waals surface area (Å²) in [6.45, 7) is 9.23. The molecule has 0 amide bonds. The second-order valence-corrected chi connectivity index (χ2v) is 4.59. The van der Waals surface area contributed by atoms with Gasteiger partial charge in [-0.05, 0) is 26.7 Å². The molecule has 17 heavy (non-hydrogen) atoms. The van der Waals surface area contributed by atoms with Crippen LogP contribution in [0.15, 0.2) is 0 Å². The van der Waals surface area contributed by atoms with E-state index in [4.69, 9.17) is 9.84 Å². The fourth-order valence-electron chi connectivity index (χ4n) is 1.67. The lowest BCUT2D eigenvalue weighted by molar-refractivity contribution is -0.149. The monoisotopic (exact) mass is 242 g/mol. The second kappa shape index (κ2) is 10.6. The molecule has 3 nitrogen and oxygen atoms in total. The first kappa shape index (κ1) is 16.4. The van der Waals surface area contributed by atoms with E-state index >= 15 is 0 Å². The lowest BCUT2D eigenvalue weighted by atomic mass is 10.0. The zero-order valence-electron chi connectivity index (χ0n) is 11.0. The maximum Gasteiger partial charge on any atom is 0.308 e. The second-order valence-electron chi connectivity index (χ2n) is 4.59. The fraction of sp³-hybridized carbons (Fsp3) is 0.786. The minimum atomic E-state index is -0.511. The zero-order valence-corrected chi connectivity index (χ0v) is 11.0. The normalized spacial score (nSPS) is 12.8. The third-order valence-corrected chi connectivity index (χ3v) is 2.73. The van der Waals surface area contributed by atoms with Crippen LogP contribution in [0.5, 0.6) is 0 Å². The molecule has 3 heteroatoms. The van der Waals surface area contributed by atoms with Gasteiger partial charge in [0.2, 0.25) is 0 Å². The van der Waals surface area contributed by atoms with Crippen molar-refractivity contribution in [1.82, 2.24) is 0 Å². The Hall–Kier alpha value is -0.570. The highest BCUT2D eigenvalue weighted by Gasteiger charge is 2.14. The third-order valence-electron chi connectivity index (χ3n) is 2.73. The Balaban J connectivity index is 3.38. The number of hydrogen-bond donors (Lipinski definition) is 1. The molecule has 1 atom stereocenters. The molecule has 2 radical (unpaired) electrons. The lowest BCUT2D eigenvalue weighted by Gasteiger charge is -2.13. The highest BCUT2D eigenvalue weighted by Crippen LogP contribution is 2.13. The highest BCUT2D eigenvalue weighted by atomic mass is 16.5. The number of esters is 1. The molecule has 0 aromatic rings. The number of hydrogen-bond acceptors (Lipinski definition) is 3. The Kier molecular flexibility index (Phi) is 10.2. The largest absolute Gasteiger partial charge is 0.462 e. The number of ether oxygens (including phenoxy) is 1. The summed E-state index contributed by atoms with van der Waals surface area (Å²) in [5, 5.41) is 8.61. The van der Waals surface area contributed by atoms with Crippen molar-refractivity contribution in [3.8, 4) is 0 Å². The Bertz CT molecular complexity index is 190. The van der Waals surface area contributed by atoms with Crippen molar-refractivity contribution in [2.24, 2.45) is 5.92 Å². The molecule has 0 saturated heterocycles. The number of rotatable bonds is 10. The predicted octanol–water partition coefficient (Wildman–Crippen LogP) is 2.93. The molecule has 0 aromatic carbocycles. The van der Waals surface area contributed by atoms with E-state index in [1.54, 1.807) is 0 Å². The molecule has 0 bridgehead atoms. The van der Waals surface area contributed by atoms with Crippen LogP contribution in [0.1, 0.15) is 51.9 Å². The first-order valence-corrected chi connectivity index (χ1v) is 6.55. The minimum absolute atomic E-state index is 0.0570. The van der Waals surface area contributed by atoms with Gasteiger partial charge in [-0.25, -0.2) is 0 Å². The summed E-state index contributed by atoms with van der Waals surface area (Å²) in [4.78, 5) is 11.4. The van der Waals surface area contributed by atoms with Gasteiger partial charge in [0.05, 0.1) is 5.92 Å². The predicted molar refractivity (Wildman–Crippen MR) is 69.2 cm³/mol. The van der Waals surface area contributed by atoms with E-state index in [1.165, 1.54) is 12.8 Å². The highest BCUT2D eigenvalue weighted by molar-refractivity contribution is 5.72. The molecule has 0 rings (SSSR count). The summed E-state index contributed by atoms with van der Waals surface area (Å²) < 4.78 is 4.93. The van der Waals surface area contributed by atoms with E-state index in [2.05, 4.69) is 13.8 Å². The quantitative estimate of drug-likeness (QED) is 0.473. The van der Waals surface area contributed by atoms with Crippen LogP contribution in [0.4, 0.5) is 0 Å². The maximum absolute atomic E-state index is 11.4. The van der Waals surface area contributed by atoms with Gasteiger partial charge < -0.3 is 9.84 Å². The summed E-state index contributed by atoms with van der Waals surface area (Å²) in [6, 6.07) is 0. The summed E-state index contributed by atoms with van der Waals surface area (Å²) >= 11 is 0. The summed E-state index contributed by atoms with van der Waals surface area (Å²) in [6.07, 6.45) is 6.88. The summed E-state index contributed by atoms with van der Waals surface area (Å²) in [5.74, 6) is -0.251. The van der Waals surface area contributed by atoms with Crippen LogP contribution in [0, 0.1) is 19.8 Å². The molecular weight excluding hydrogens is 216 g/mol. The topological polar surface area (TPSA) is 46.5 Å². The van der Waals surface area contributed by atoms with Crippen LogP contribution in [0.3, 0.4) is 0 Å². The van der Waals surface area contributed by atoms with E-state index in [0.717, 1.165) is 32.1 Å². The summed E-state index contributed by atoms with van der Waals surface area (Å²) in [7, 11) is 0. The van der Waals surface area contributed by atoms with Gasteiger partial charge in [-0.2, -0.15) is 0 Å². The Morgan fingerprint density at radius 3 is 2.18 bits per heavy atom. The van der Waals surface area contributed by atoms with Crippen molar-refractivity contribution in [2.45, 2.75) is 58.0 Å². The first-order chi connectivity index (χ1) is 8.07. The van der Waals surface area contributed by atoms with E-state index in [-0.39, 0.29) is 11.9 Å². The van der Waals surface area contributed by atoms with Crippen molar-refractivity contribution < 1.29 is 14.6 Å². The molecule has 0 aliphatic rings. The van der Waals surface area contributed by atoms with E-state index in [0.29, 0.717) is 6.61 Å². The molecule has 100 valence electrons. The number of aliphatic hydroxyl groups is 1. The Morgan fingerprint density at radius 2 is 1.65 bits per heavy atom. The molecule has 0 spiro atoms. The first-order valence-electron chi connectivity index (χ1n) is 6.55. The third kappa shape index (κ3) is 10.3. The van der Waals surface area contributed by atoms with Crippen molar-refractivity contribution in [2.75, 3.05) is 6.61 Å². The number of aliphatic hydroxyl groups excluding tert-OH is 1. The molecule has 0 aliphatic carbocycles. The van der Waals surface area contributed by atoms with Gasteiger partial charge in [0.15, 0.2) is 0 Å². The van der Waals surface area contributed by atoms with Crippen LogP contribution in [0.2, 0.25) is 0 Å². The molecule has 0 aromatic heterocycles. The van der Waals surface area contributed by atoms with Crippen molar-refractivity contribution in [3.63, 3.8) is 0 Å². The Morgan fingerprint density at radius 1 is 1.12 bits per heavy atom. The van der Waals surface area contributed by atoms with Gasteiger partial charge in [-0.3, -0.25) is 4.79 Å². The van der Waals surface area contributed by atoms with E-state index in [1.807, 2.05) is 6.92 Å². The molecule has 0 aliphatic heterocycles. The SMILES string of the molecule is [CH2]C([CH2])OC(=O)C(C)CCCCCCCCO. The van der Waals surface area contributed by atoms with Gasteiger partial charge >= 0.3 is 5.97 Å². The molecular formula is C14H26O3. The van der Waals surface area contributed by atoms with Crippen LogP contribution >= 0.6 is 0 Å². The van der Waals surface area contributed by atoms with Crippen LogP contribution in [0.25, 0.3) is 0 Å². The van der Waals surface area contributed by atoms with Crippen LogP contribution in [-0.4, -0.2) is 23.8 Å². The number of unbranched alkanes of at least 4 members (excludes halogenated alkanes) is 5. The Labute approximate surface area is 106 Å². The average Bonchev–Trinajstić information content (AvgIpc) is 2.26. The molecule has 0 saturated carbocycles. The van der Waals surface area contributed by atoms with Gasteiger partial charge in [0.1, 0.15) is 6.10 Å². The van der Waals surface area contributed by atoms with Crippen molar-refractivity contribution in [3.05, 3.63) is 13.8 Å². The lowest BCUT2D eigenvalue weighted by Crippen LogP contribution is -2.19. The van der Waals surface area contributed by atoms with Crippen molar-refractivity contribution in [1.29, 1.82) is 0 Å². The van der Waals surface area contributed by atoms with Crippen LogP contribution in [-0.2, 0) is 9.53 Å². The van der Waals surface area contributed by atoms with Gasteiger partial charge in [0, 0.05) is 6.61 Å². The molecule has 0 heterocycles. The minimum Gasteiger partial charge on any atom is -0.462 e. The molecule has 1 unspecified atom stereocenters.